The van der Waals surface area contributed by atoms with E-state index in [1.807, 2.05) is 30.3 Å². The Bertz CT molecular complexity index is 474. The molecule has 2 amide bonds. The molecule has 1 fully saturated rings. The van der Waals surface area contributed by atoms with E-state index in [4.69, 9.17) is 9.47 Å². The fourth-order valence-electron chi connectivity index (χ4n) is 2.19. The first-order valence-electron chi connectivity index (χ1n) is 6.62. The van der Waals surface area contributed by atoms with Gasteiger partial charge in [0.15, 0.2) is 0 Å². The number of imide groups is 1. The van der Waals surface area contributed by atoms with Gasteiger partial charge in [-0.15, -0.1) is 0 Å². The van der Waals surface area contributed by atoms with Crippen LogP contribution in [0.2, 0.25) is 0 Å². The highest BCUT2D eigenvalue weighted by Crippen LogP contribution is 2.19. The number of benzene rings is 1. The highest BCUT2D eigenvalue weighted by Gasteiger charge is 2.39. The van der Waals surface area contributed by atoms with E-state index in [-0.39, 0.29) is 12.6 Å². The van der Waals surface area contributed by atoms with E-state index in [2.05, 4.69) is 6.92 Å². The highest BCUT2D eigenvalue weighted by atomic mass is 16.6. The Morgan fingerprint density at radius 1 is 1.50 bits per heavy atom. The molecule has 0 spiro atoms. The van der Waals surface area contributed by atoms with Gasteiger partial charge >= 0.3 is 6.09 Å². The summed E-state index contributed by atoms with van der Waals surface area (Å²) in [4.78, 5) is 25.0. The number of hydrogen-bond acceptors (Lipinski definition) is 4. The van der Waals surface area contributed by atoms with E-state index >= 15 is 0 Å². The second-order valence-electron chi connectivity index (χ2n) is 4.57. The Balaban J connectivity index is 2.08. The van der Waals surface area contributed by atoms with Gasteiger partial charge in [-0.3, -0.25) is 4.79 Å². The molecule has 1 aromatic carbocycles. The van der Waals surface area contributed by atoms with Gasteiger partial charge < -0.3 is 9.47 Å². The average molecular weight is 276 g/mol. The molecule has 5 nitrogen and oxygen atoms in total. The first kappa shape index (κ1) is 14.5. The van der Waals surface area contributed by atoms with Crippen molar-refractivity contribution in [3.63, 3.8) is 0 Å². The summed E-state index contributed by atoms with van der Waals surface area (Å²) in [5.41, 5.74) is 1.05. The summed E-state index contributed by atoms with van der Waals surface area (Å²) in [6, 6.07) is 9.37. The lowest BCUT2D eigenvalue weighted by molar-refractivity contribution is -0.138. The normalized spacial score (nSPS) is 19.8. The van der Waals surface area contributed by atoms with Crippen LogP contribution in [0.1, 0.15) is 12.5 Å². The van der Waals surface area contributed by atoms with Crippen LogP contribution in [0.3, 0.4) is 0 Å². The summed E-state index contributed by atoms with van der Waals surface area (Å²) in [5.74, 6) is -0.449. The molecule has 0 unspecified atom stereocenters. The molecule has 0 aromatic heterocycles. The van der Waals surface area contributed by atoms with Gasteiger partial charge in [0.1, 0.15) is 12.7 Å². The lowest BCUT2D eigenvalue weighted by Crippen LogP contribution is -2.45. The van der Waals surface area contributed by atoms with Crippen molar-refractivity contribution in [3.05, 3.63) is 42.8 Å². The fraction of sp³-hybridized carbons (Fsp3) is 0.400. The van der Waals surface area contributed by atoms with Crippen LogP contribution in [0.15, 0.2) is 30.3 Å². The molecule has 107 valence electrons. The van der Waals surface area contributed by atoms with Crippen LogP contribution in [0.4, 0.5) is 4.79 Å². The Kier molecular flexibility index (Phi) is 4.74. The van der Waals surface area contributed by atoms with Gasteiger partial charge in [-0.05, 0) is 25.8 Å². The quantitative estimate of drug-likeness (QED) is 0.823. The van der Waals surface area contributed by atoms with Crippen molar-refractivity contribution in [2.24, 2.45) is 0 Å². The highest BCUT2D eigenvalue weighted by molar-refractivity contribution is 5.96. The monoisotopic (exact) mass is 276 g/mol. The maximum absolute atomic E-state index is 12.2. The van der Waals surface area contributed by atoms with Gasteiger partial charge in [0.25, 0.3) is 5.91 Å². The molecule has 5 heteroatoms. The van der Waals surface area contributed by atoms with E-state index in [0.717, 1.165) is 10.5 Å². The van der Waals surface area contributed by atoms with Crippen LogP contribution in [0.25, 0.3) is 0 Å². The minimum atomic E-state index is -0.885. The van der Waals surface area contributed by atoms with Crippen molar-refractivity contribution in [2.75, 3.05) is 13.2 Å². The van der Waals surface area contributed by atoms with Gasteiger partial charge in [0.2, 0.25) is 0 Å². The van der Waals surface area contributed by atoms with Crippen LogP contribution in [-0.2, 0) is 20.7 Å². The van der Waals surface area contributed by atoms with Crippen LogP contribution >= 0.6 is 0 Å². The van der Waals surface area contributed by atoms with Crippen molar-refractivity contribution in [2.45, 2.75) is 25.5 Å². The van der Waals surface area contributed by atoms with Gasteiger partial charge in [-0.1, -0.05) is 30.3 Å². The van der Waals surface area contributed by atoms with Gasteiger partial charge in [0, 0.05) is 6.61 Å². The SMILES string of the molecule is [CH2][C@H](OCC)C(=O)N1C(=O)OC[C@@H]1Cc1ccccc1. The molecule has 1 radical (unpaired) electrons. The van der Waals surface area contributed by atoms with Crippen LogP contribution in [0.5, 0.6) is 0 Å². The smallest absolute Gasteiger partial charge is 0.417 e. The van der Waals surface area contributed by atoms with E-state index in [1.165, 1.54) is 0 Å². The Morgan fingerprint density at radius 3 is 2.85 bits per heavy atom. The van der Waals surface area contributed by atoms with Gasteiger partial charge in [-0.2, -0.15) is 0 Å². The number of carbonyl (C=O) groups is 2. The predicted molar refractivity (Wildman–Crippen MR) is 72.9 cm³/mol. The average Bonchev–Trinajstić information content (AvgIpc) is 2.80. The molecule has 1 aliphatic rings. The van der Waals surface area contributed by atoms with Crippen LogP contribution in [0, 0.1) is 6.92 Å². The number of ether oxygens (including phenoxy) is 2. The van der Waals surface area contributed by atoms with Crippen LogP contribution in [-0.4, -0.2) is 42.3 Å². The molecule has 2 atom stereocenters. The summed E-state index contributed by atoms with van der Waals surface area (Å²) in [6.07, 6.45) is -0.940. The minimum Gasteiger partial charge on any atom is -0.447 e. The van der Waals surface area contributed by atoms with Crippen molar-refractivity contribution < 1.29 is 19.1 Å². The number of cyclic esters (lactones) is 1. The number of hydrogen-bond donors (Lipinski definition) is 0. The molecule has 1 saturated heterocycles. The molecular formula is C15H18NO4. The fourth-order valence-corrected chi connectivity index (χ4v) is 2.19. The molecule has 20 heavy (non-hydrogen) atoms. The Morgan fingerprint density at radius 2 is 2.20 bits per heavy atom. The minimum absolute atomic E-state index is 0.207. The zero-order valence-corrected chi connectivity index (χ0v) is 11.5. The largest absolute Gasteiger partial charge is 0.447 e. The van der Waals surface area contributed by atoms with Gasteiger partial charge in [0.05, 0.1) is 6.04 Å². The number of carbonyl (C=O) groups excluding carboxylic acids is 2. The molecule has 0 saturated carbocycles. The second kappa shape index (κ2) is 6.52. The van der Waals surface area contributed by atoms with Crippen molar-refractivity contribution in [1.82, 2.24) is 4.90 Å². The van der Waals surface area contributed by atoms with Crippen LogP contribution < -0.4 is 0 Å². The third-order valence-corrected chi connectivity index (χ3v) is 3.16. The summed E-state index contributed by atoms with van der Waals surface area (Å²) in [7, 11) is 0. The molecule has 1 aliphatic heterocycles. The molecule has 1 aromatic rings. The number of nitrogens with zero attached hydrogens (tertiary/aromatic N) is 1. The maximum atomic E-state index is 12.2. The molecule has 0 N–H and O–H groups in total. The zero-order chi connectivity index (χ0) is 14.5. The number of amides is 2. The Labute approximate surface area is 118 Å². The van der Waals surface area contributed by atoms with Gasteiger partial charge in [-0.25, -0.2) is 9.69 Å². The third-order valence-electron chi connectivity index (χ3n) is 3.16. The van der Waals surface area contributed by atoms with Crippen molar-refractivity contribution in [1.29, 1.82) is 0 Å². The first-order valence-corrected chi connectivity index (χ1v) is 6.62. The lowest BCUT2D eigenvalue weighted by atomic mass is 10.1. The summed E-state index contributed by atoms with van der Waals surface area (Å²) >= 11 is 0. The zero-order valence-electron chi connectivity index (χ0n) is 11.5. The molecule has 1 heterocycles. The molecule has 0 bridgehead atoms. The lowest BCUT2D eigenvalue weighted by Gasteiger charge is -2.22. The van der Waals surface area contributed by atoms with Crippen molar-refractivity contribution >= 4 is 12.0 Å². The standard InChI is InChI=1S/C15H18NO4/c1-3-19-11(2)14(17)16-13(10-20-15(16)18)9-12-7-5-4-6-8-12/h4-8,11,13H,2-3,9-10H2,1H3/t11-,13-/m0/s1. The molecule has 2 rings (SSSR count). The topological polar surface area (TPSA) is 55.8 Å². The first-order chi connectivity index (χ1) is 9.63. The second-order valence-corrected chi connectivity index (χ2v) is 4.57. The Hall–Kier alpha value is -1.88. The summed E-state index contributed by atoms with van der Waals surface area (Å²) < 4.78 is 10.1. The summed E-state index contributed by atoms with van der Waals surface area (Å²) in [6.45, 7) is 5.97. The number of rotatable bonds is 5. The van der Waals surface area contributed by atoms with E-state index in [1.54, 1.807) is 6.92 Å². The third kappa shape index (κ3) is 3.17. The van der Waals surface area contributed by atoms with E-state index < -0.39 is 18.1 Å². The predicted octanol–water partition coefficient (Wildman–Crippen LogP) is 1.82. The van der Waals surface area contributed by atoms with Crippen molar-refractivity contribution in [3.8, 4) is 0 Å². The van der Waals surface area contributed by atoms with E-state index in [9.17, 15) is 9.59 Å². The maximum Gasteiger partial charge on any atom is 0.417 e. The molecule has 0 aliphatic carbocycles. The summed E-state index contributed by atoms with van der Waals surface area (Å²) in [5, 5.41) is 0. The van der Waals surface area contributed by atoms with E-state index in [0.29, 0.717) is 13.0 Å². The molecular weight excluding hydrogens is 258 g/mol.